The number of rotatable bonds is 49. The van der Waals surface area contributed by atoms with E-state index in [1.54, 1.807) is 0 Å². The van der Waals surface area contributed by atoms with Gasteiger partial charge in [0, 0.05) is 19.6 Å². The first-order chi connectivity index (χ1) is 30.9. The summed E-state index contributed by atoms with van der Waals surface area (Å²) in [5.74, 6) is -0.370. The SMILES string of the molecule is CC/C=C\C/C=C\C/C=C\C/C=C\C/C=C\C/C=C\CCCCC(=O)OC(COCCCCCCCCCCCCCCCCCCCCCCCCC)COP(=O)(O)OCCN. The van der Waals surface area contributed by atoms with E-state index in [2.05, 4.69) is 86.8 Å². The van der Waals surface area contributed by atoms with E-state index in [9.17, 15) is 14.3 Å². The number of nitrogens with two attached hydrogens (primary N) is 1. The molecule has 0 spiro atoms. The molecular formula is C54H98NO7P. The van der Waals surface area contributed by atoms with Gasteiger partial charge in [-0.25, -0.2) is 4.57 Å². The topological polar surface area (TPSA) is 117 Å². The summed E-state index contributed by atoms with van der Waals surface area (Å²) < 4.78 is 33.6. The molecule has 8 nitrogen and oxygen atoms in total. The number of hydrogen-bond acceptors (Lipinski definition) is 7. The largest absolute Gasteiger partial charge is 0.472 e. The molecule has 63 heavy (non-hydrogen) atoms. The van der Waals surface area contributed by atoms with E-state index in [1.165, 1.54) is 135 Å². The quantitative estimate of drug-likeness (QED) is 0.0268. The molecule has 0 radical (unpaired) electrons. The molecule has 0 saturated heterocycles. The lowest BCUT2D eigenvalue weighted by Crippen LogP contribution is -2.28. The van der Waals surface area contributed by atoms with Crippen molar-refractivity contribution in [3.63, 3.8) is 0 Å². The molecule has 0 bridgehead atoms. The molecule has 0 amide bonds. The number of allylic oxidation sites excluding steroid dienone is 12. The second kappa shape index (κ2) is 50.9. The molecule has 2 unspecified atom stereocenters. The monoisotopic (exact) mass is 904 g/mol. The first-order valence-electron chi connectivity index (χ1n) is 25.9. The van der Waals surface area contributed by atoms with Gasteiger partial charge >= 0.3 is 13.8 Å². The Morgan fingerprint density at radius 3 is 1.30 bits per heavy atom. The molecule has 0 heterocycles. The van der Waals surface area contributed by atoms with E-state index in [0.29, 0.717) is 13.0 Å². The molecule has 0 aromatic rings. The fourth-order valence-electron chi connectivity index (χ4n) is 7.12. The van der Waals surface area contributed by atoms with Crippen molar-refractivity contribution in [2.45, 2.75) is 232 Å². The summed E-state index contributed by atoms with van der Waals surface area (Å²) in [6.07, 6.45) is 65.2. The molecule has 0 aliphatic carbocycles. The van der Waals surface area contributed by atoms with E-state index >= 15 is 0 Å². The number of ether oxygens (including phenoxy) is 2. The van der Waals surface area contributed by atoms with Crippen molar-refractivity contribution in [2.24, 2.45) is 5.73 Å². The number of carbonyl (C=O) groups excluding carboxylic acids is 1. The number of unbranched alkanes of at least 4 members (excludes halogenated alkanes) is 24. The number of phosphoric acid groups is 1. The van der Waals surface area contributed by atoms with Crippen LogP contribution in [0, 0.1) is 0 Å². The van der Waals surface area contributed by atoms with E-state index in [1.807, 2.05) is 0 Å². The Kier molecular flexibility index (Phi) is 49.3. The first kappa shape index (κ1) is 60.9. The van der Waals surface area contributed by atoms with Gasteiger partial charge < -0.3 is 20.1 Å². The lowest BCUT2D eigenvalue weighted by molar-refractivity contribution is -0.154. The van der Waals surface area contributed by atoms with Crippen LogP contribution >= 0.6 is 7.82 Å². The summed E-state index contributed by atoms with van der Waals surface area (Å²) in [5.41, 5.74) is 5.39. The maximum Gasteiger partial charge on any atom is 0.472 e. The van der Waals surface area contributed by atoms with Crippen molar-refractivity contribution < 1.29 is 32.8 Å². The predicted molar refractivity (Wildman–Crippen MR) is 270 cm³/mol. The van der Waals surface area contributed by atoms with Crippen LogP contribution in [0.25, 0.3) is 0 Å². The van der Waals surface area contributed by atoms with Gasteiger partial charge in [-0.2, -0.15) is 0 Å². The van der Waals surface area contributed by atoms with Crippen LogP contribution in [0.5, 0.6) is 0 Å². The van der Waals surface area contributed by atoms with Crippen LogP contribution < -0.4 is 5.73 Å². The maximum atomic E-state index is 12.6. The van der Waals surface area contributed by atoms with Gasteiger partial charge in [0.25, 0.3) is 0 Å². The molecule has 0 saturated carbocycles. The highest BCUT2D eigenvalue weighted by atomic mass is 31.2. The minimum Gasteiger partial charge on any atom is -0.457 e. The lowest BCUT2D eigenvalue weighted by Gasteiger charge is -2.20. The smallest absolute Gasteiger partial charge is 0.457 e. The average molecular weight is 904 g/mol. The zero-order valence-corrected chi connectivity index (χ0v) is 41.7. The normalized spacial score (nSPS) is 13.9. The third kappa shape index (κ3) is 50.8. The second-order valence-corrected chi connectivity index (χ2v) is 18.5. The first-order valence-corrected chi connectivity index (χ1v) is 27.4. The van der Waals surface area contributed by atoms with Crippen LogP contribution in [-0.2, 0) is 27.9 Å². The van der Waals surface area contributed by atoms with Gasteiger partial charge in [0.15, 0.2) is 0 Å². The van der Waals surface area contributed by atoms with Gasteiger partial charge in [-0.1, -0.05) is 228 Å². The predicted octanol–water partition coefficient (Wildman–Crippen LogP) is 16.3. The van der Waals surface area contributed by atoms with Gasteiger partial charge in [-0.15, -0.1) is 0 Å². The molecule has 0 aromatic carbocycles. The Balaban J connectivity index is 4.00. The van der Waals surface area contributed by atoms with Gasteiger partial charge in [0.05, 0.1) is 19.8 Å². The fourth-order valence-corrected chi connectivity index (χ4v) is 7.88. The highest BCUT2D eigenvalue weighted by Crippen LogP contribution is 2.43. The molecule has 0 fully saturated rings. The Labute approximate surface area is 388 Å². The molecule has 3 N–H and O–H groups in total. The molecule has 2 atom stereocenters. The third-order valence-corrected chi connectivity index (χ3v) is 11.9. The zero-order chi connectivity index (χ0) is 45.8. The number of hydrogen-bond donors (Lipinski definition) is 2. The summed E-state index contributed by atoms with van der Waals surface area (Å²) in [6, 6.07) is 0. The maximum absolute atomic E-state index is 12.6. The second-order valence-electron chi connectivity index (χ2n) is 17.0. The van der Waals surface area contributed by atoms with Crippen molar-refractivity contribution in [1.82, 2.24) is 0 Å². The van der Waals surface area contributed by atoms with E-state index in [0.717, 1.165) is 64.2 Å². The Bertz CT molecular complexity index is 1200. The van der Waals surface area contributed by atoms with Crippen molar-refractivity contribution in [1.29, 1.82) is 0 Å². The summed E-state index contributed by atoms with van der Waals surface area (Å²) in [4.78, 5) is 22.6. The van der Waals surface area contributed by atoms with Crippen LogP contribution in [0.3, 0.4) is 0 Å². The molecule has 0 aliphatic rings. The average Bonchev–Trinajstić information content (AvgIpc) is 3.28. The van der Waals surface area contributed by atoms with Gasteiger partial charge in [0.1, 0.15) is 6.10 Å². The summed E-state index contributed by atoms with van der Waals surface area (Å²) in [6.45, 7) is 4.77. The van der Waals surface area contributed by atoms with Crippen molar-refractivity contribution in [2.75, 3.05) is 33.0 Å². The number of esters is 1. The minimum absolute atomic E-state index is 0.0908. The number of carbonyl (C=O) groups is 1. The van der Waals surface area contributed by atoms with E-state index in [4.69, 9.17) is 24.3 Å². The van der Waals surface area contributed by atoms with Crippen LogP contribution in [0.1, 0.15) is 226 Å². The highest BCUT2D eigenvalue weighted by molar-refractivity contribution is 7.47. The minimum atomic E-state index is -4.30. The van der Waals surface area contributed by atoms with E-state index in [-0.39, 0.29) is 38.8 Å². The zero-order valence-electron chi connectivity index (χ0n) is 40.8. The van der Waals surface area contributed by atoms with Crippen molar-refractivity contribution in [3.05, 3.63) is 72.9 Å². The molecule has 9 heteroatoms. The summed E-state index contributed by atoms with van der Waals surface area (Å²) in [7, 11) is -4.30. The lowest BCUT2D eigenvalue weighted by atomic mass is 10.0. The van der Waals surface area contributed by atoms with Gasteiger partial charge in [0.2, 0.25) is 0 Å². The van der Waals surface area contributed by atoms with Crippen LogP contribution in [-0.4, -0.2) is 49.9 Å². The Hall–Kier alpha value is -2.06. The number of phosphoric ester groups is 1. The fraction of sp³-hybridized carbons (Fsp3) is 0.759. The third-order valence-electron chi connectivity index (χ3n) is 10.9. The molecule has 0 aliphatic heterocycles. The summed E-state index contributed by atoms with van der Waals surface area (Å²) in [5, 5.41) is 0. The molecule has 0 aromatic heterocycles. The summed E-state index contributed by atoms with van der Waals surface area (Å²) >= 11 is 0. The van der Waals surface area contributed by atoms with Crippen LogP contribution in [0.15, 0.2) is 72.9 Å². The molecule has 0 rings (SSSR count). The van der Waals surface area contributed by atoms with Crippen molar-refractivity contribution >= 4 is 13.8 Å². The Morgan fingerprint density at radius 1 is 0.492 bits per heavy atom. The molecule has 366 valence electrons. The standard InChI is InChI=1S/C54H98NO7P/c1-3-5-7-9-11-13-15-17-19-21-23-25-26-28-30-32-34-36-38-40-42-44-46-49-59-51-53(52-61-63(57,58)60-50-48-55)62-54(56)47-45-43-41-39-37-35-33-31-29-27-24-22-20-18-16-14-12-10-8-6-4-2/h6,8,12,14,18,20,24,27,31,33,37,39,53H,3-5,7,9-11,13,15-17,19,21-23,25-26,28-30,32,34-36,38,40-52,55H2,1-2H3,(H,57,58)/b8-6-,14-12-,20-18-,27-24-,33-31-,39-37-. The highest BCUT2D eigenvalue weighted by Gasteiger charge is 2.25. The van der Waals surface area contributed by atoms with Gasteiger partial charge in [-0.3, -0.25) is 13.8 Å². The van der Waals surface area contributed by atoms with Crippen molar-refractivity contribution in [3.8, 4) is 0 Å². The van der Waals surface area contributed by atoms with Crippen LogP contribution in [0.2, 0.25) is 0 Å². The van der Waals surface area contributed by atoms with E-state index < -0.39 is 13.9 Å². The molecular weight excluding hydrogens is 806 g/mol. The Morgan fingerprint density at radius 2 is 0.889 bits per heavy atom. The van der Waals surface area contributed by atoms with Gasteiger partial charge in [-0.05, 0) is 64.2 Å². The van der Waals surface area contributed by atoms with Crippen LogP contribution in [0.4, 0.5) is 0 Å².